The van der Waals surface area contributed by atoms with Gasteiger partial charge in [-0.1, -0.05) is 12.1 Å². The first kappa shape index (κ1) is 14.3. The lowest BCUT2D eigenvalue weighted by molar-refractivity contribution is -0.137. The van der Waals surface area contributed by atoms with Gasteiger partial charge < -0.3 is 15.3 Å². The number of anilines is 1. The lowest BCUT2D eigenvalue weighted by Gasteiger charge is -2.32. The molecular weight excluding hydrogens is 308 g/mol. The van der Waals surface area contributed by atoms with Gasteiger partial charge >= 0.3 is 5.97 Å². The molecule has 1 aromatic rings. The average Bonchev–Trinajstić information content (AvgIpc) is 2.52. The van der Waals surface area contributed by atoms with E-state index in [-0.39, 0.29) is 12.5 Å². The molecule has 1 aliphatic rings. The number of nitrogens with zero attached hydrogens (tertiary/aromatic N) is 1. The second-order valence-corrected chi connectivity index (χ2v) is 5.84. The summed E-state index contributed by atoms with van der Waals surface area (Å²) in [6.07, 6.45) is 1.17. The molecule has 1 aromatic carbocycles. The number of benzene rings is 1. The van der Waals surface area contributed by atoms with Gasteiger partial charge in [-0.3, -0.25) is 4.79 Å². The number of carbonyl (C=O) groups is 1. The highest BCUT2D eigenvalue weighted by Crippen LogP contribution is 2.29. The number of nitrogens with one attached hydrogen (secondary N) is 1. The Morgan fingerprint density at radius 2 is 2.26 bits per heavy atom. The van der Waals surface area contributed by atoms with Crippen molar-refractivity contribution in [2.45, 2.75) is 31.8 Å². The Kier molecular flexibility index (Phi) is 4.82. The highest BCUT2D eigenvalue weighted by molar-refractivity contribution is 9.10. The van der Waals surface area contributed by atoms with Crippen LogP contribution in [0.2, 0.25) is 0 Å². The molecule has 19 heavy (non-hydrogen) atoms. The minimum atomic E-state index is -0.751. The van der Waals surface area contributed by atoms with Crippen molar-refractivity contribution in [3.63, 3.8) is 0 Å². The molecule has 1 fully saturated rings. The molecule has 0 spiro atoms. The molecule has 5 heteroatoms. The van der Waals surface area contributed by atoms with Gasteiger partial charge in [0.15, 0.2) is 0 Å². The minimum absolute atomic E-state index is 0.00504. The van der Waals surface area contributed by atoms with Crippen LogP contribution in [-0.4, -0.2) is 36.2 Å². The van der Waals surface area contributed by atoms with Crippen molar-refractivity contribution in [3.8, 4) is 0 Å². The normalized spacial score (nSPS) is 24.0. The third-order valence-electron chi connectivity index (χ3n) is 3.53. The zero-order valence-electron chi connectivity index (χ0n) is 11.0. The number of hydrogen-bond acceptors (Lipinski definition) is 3. The fraction of sp³-hybridized carbons (Fsp3) is 0.500. The van der Waals surface area contributed by atoms with Crippen molar-refractivity contribution in [3.05, 3.63) is 28.7 Å². The summed E-state index contributed by atoms with van der Waals surface area (Å²) >= 11 is 3.58. The Balaban J connectivity index is 2.20. The summed E-state index contributed by atoms with van der Waals surface area (Å²) < 4.78 is 1.05. The maximum absolute atomic E-state index is 10.9. The molecule has 1 heterocycles. The van der Waals surface area contributed by atoms with E-state index in [4.69, 9.17) is 5.11 Å². The van der Waals surface area contributed by atoms with Crippen LogP contribution >= 0.6 is 15.9 Å². The zero-order chi connectivity index (χ0) is 13.8. The summed E-state index contributed by atoms with van der Waals surface area (Å²) in [6.45, 7) is 3.76. The number of carboxylic acids is 1. The van der Waals surface area contributed by atoms with E-state index >= 15 is 0 Å². The van der Waals surface area contributed by atoms with Crippen LogP contribution < -0.4 is 10.2 Å². The van der Waals surface area contributed by atoms with Crippen molar-refractivity contribution in [2.24, 2.45) is 0 Å². The average molecular weight is 327 g/mol. The molecule has 4 nitrogen and oxygen atoms in total. The van der Waals surface area contributed by atoms with E-state index in [9.17, 15) is 4.79 Å². The zero-order valence-corrected chi connectivity index (χ0v) is 12.6. The van der Waals surface area contributed by atoms with Gasteiger partial charge in [0, 0.05) is 23.1 Å². The van der Waals surface area contributed by atoms with Crippen molar-refractivity contribution in [2.75, 3.05) is 18.0 Å². The van der Waals surface area contributed by atoms with Crippen LogP contribution in [0.25, 0.3) is 0 Å². The maximum atomic E-state index is 10.9. The maximum Gasteiger partial charge on any atom is 0.304 e. The predicted molar refractivity (Wildman–Crippen MR) is 79.6 cm³/mol. The van der Waals surface area contributed by atoms with Crippen molar-refractivity contribution in [1.82, 2.24) is 5.32 Å². The van der Waals surface area contributed by atoms with E-state index in [1.54, 1.807) is 0 Å². The summed E-state index contributed by atoms with van der Waals surface area (Å²) in [5.74, 6) is -0.751. The molecule has 0 saturated carbocycles. The summed E-state index contributed by atoms with van der Waals surface area (Å²) in [5.41, 5.74) is 1.13. The van der Waals surface area contributed by atoms with E-state index in [0.29, 0.717) is 6.04 Å². The quantitative estimate of drug-likeness (QED) is 0.896. The molecule has 0 aliphatic carbocycles. The van der Waals surface area contributed by atoms with Crippen LogP contribution in [-0.2, 0) is 4.79 Å². The smallest absolute Gasteiger partial charge is 0.304 e. The van der Waals surface area contributed by atoms with E-state index in [0.717, 1.165) is 29.7 Å². The molecule has 104 valence electrons. The molecule has 2 N–H and O–H groups in total. The molecule has 0 amide bonds. The summed E-state index contributed by atoms with van der Waals surface area (Å²) in [6, 6.07) is 8.48. The number of hydrogen-bond donors (Lipinski definition) is 2. The largest absolute Gasteiger partial charge is 0.481 e. The minimum Gasteiger partial charge on any atom is -0.481 e. The van der Waals surface area contributed by atoms with Crippen LogP contribution in [0, 0.1) is 0 Å². The third-order valence-corrected chi connectivity index (χ3v) is 4.20. The molecular formula is C14H19BrN2O2. The summed E-state index contributed by atoms with van der Waals surface area (Å²) in [5, 5.41) is 12.3. The van der Waals surface area contributed by atoms with E-state index in [1.807, 2.05) is 18.2 Å². The lowest BCUT2D eigenvalue weighted by atomic mass is 10.1. The van der Waals surface area contributed by atoms with Gasteiger partial charge in [0.05, 0.1) is 12.1 Å². The number of aliphatic carboxylic acids is 1. The van der Waals surface area contributed by atoms with Gasteiger partial charge in [0.2, 0.25) is 0 Å². The Hall–Kier alpha value is -1.07. The van der Waals surface area contributed by atoms with Crippen LogP contribution in [0.3, 0.4) is 0 Å². The molecule has 0 aromatic heterocycles. The SMILES string of the molecule is CC1CCNC(CC(=O)O)CN1c1ccccc1Br. The van der Waals surface area contributed by atoms with Crippen molar-refractivity contribution in [1.29, 1.82) is 0 Å². The van der Waals surface area contributed by atoms with Crippen LogP contribution in [0.5, 0.6) is 0 Å². The van der Waals surface area contributed by atoms with Gasteiger partial charge in [-0.05, 0) is 48.0 Å². The lowest BCUT2D eigenvalue weighted by Crippen LogP contribution is -2.41. The first-order chi connectivity index (χ1) is 9.08. The molecule has 2 unspecified atom stereocenters. The standard InChI is InChI=1S/C14H19BrN2O2/c1-10-6-7-16-11(8-14(18)19)9-17(10)13-5-3-2-4-12(13)15/h2-5,10-11,16H,6-9H2,1H3,(H,18,19). The van der Waals surface area contributed by atoms with E-state index < -0.39 is 5.97 Å². The summed E-state index contributed by atoms with van der Waals surface area (Å²) in [4.78, 5) is 13.2. The van der Waals surface area contributed by atoms with Gasteiger partial charge in [-0.25, -0.2) is 0 Å². The van der Waals surface area contributed by atoms with Crippen LogP contribution in [0.1, 0.15) is 19.8 Å². The Morgan fingerprint density at radius 1 is 1.53 bits per heavy atom. The molecule has 2 atom stereocenters. The van der Waals surface area contributed by atoms with Crippen molar-refractivity contribution < 1.29 is 9.90 Å². The molecule has 1 saturated heterocycles. The van der Waals surface area contributed by atoms with Gasteiger partial charge in [0.25, 0.3) is 0 Å². The highest BCUT2D eigenvalue weighted by atomic mass is 79.9. The van der Waals surface area contributed by atoms with E-state index in [1.165, 1.54) is 0 Å². The highest BCUT2D eigenvalue weighted by Gasteiger charge is 2.25. The fourth-order valence-electron chi connectivity index (χ4n) is 2.50. The Morgan fingerprint density at radius 3 is 2.95 bits per heavy atom. The first-order valence-electron chi connectivity index (χ1n) is 6.54. The first-order valence-corrected chi connectivity index (χ1v) is 7.33. The Labute approximate surface area is 121 Å². The predicted octanol–water partition coefficient (Wildman–Crippen LogP) is 2.48. The monoisotopic (exact) mass is 326 g/mol. The summed E-state index contributed by atoms with van der Waals surface area (Å²) in [7, 11) is 0. The van der Waals surface area contributed by atoms with Crippen LogP contribution in [0.4, 0.5) is 5.69 Å². The molecule has 2 rings (SSSR count). The fourth-order valence-corrected chi connectivity index (χ4v) is 3.01. The molecule has 0 bridgehead atoms. The number of carboxylic acid groups (broad SMARTS) is 1. The number of para-hydroxylation sites is 1. The third kappa shape index (κ3) is 3.70. The number of halogens is 1. The molecule has 1 aliphatic heterocycles. The topological polar surface area (TPSA) is 52.6 Å². The molecule has 0 radical (unpaired) electrons. The van der Waals surface area contributed by atoms with Crippen LogP contribution in [0.15, 0.2) is 28.7 Å². The second-order valence-electron chi connectivity index (χ2n) is 4.99. The van der Waals surface area contributed by atoms with Gasteiger partial charge in [-0.15, -0.1) is 0 Å². The second kappa shape index (κ2) is 6.39. The Bertz CT molecular complexity index is 453. The van der Waals surface area contributed by atoms with Crippen molar-refractivity contribution >= 4 is 27.6 Å². The van der Waals surface area contributed by atoms with Gasteiger partial charge in [-0.2, -0.15) is 0 Å². The van der Waals surface area contributed by atoms with E-state index in [2.05, 4.69) is 39.1 Å². The van der Waals surface area contributed by atoms with Gasteiger partial charge in [0.1, 0.15) is 0 Å². The number of rotatable bonds is 3.